The van der Waals surface area contributed by atoms with Gasteiger partial charge in [-0.05, 0) is 40.9 Å². The maximum absolute atomic E-state index is 12.5. The number of aromatic nitrogens is 2. The van der Waals surface area contributed by atoms with Crippen LogP contribution in [0, 0.1) is 0 Å². The van der Waals surface area contributed by atoms with Gasteiger partial charge in [-0.2, -0.15) is 0 Å². The molecular weight excluding hydrogens is 284 g/mol. The number of ketones is 1. The van der Waals surface area contributed by atoms with Crippen LogP contribution in [0.15, 0.2) is 40.2 Å². The number of anilines is 2. The fourth-order valence-electron chi connectivity index (χ4n) is 3.00. The van der Waals surface area contributed by atoms with Gasteiger partial charge < -0.3 is 15.7 Å². The third kappa shape index (κ3) is 2.02. The highest BCUT2D eigenvalue weighted by Gasteiger charge is 2.33. The van der Waals surface area contributed by atoms with E-state index in [-0.39, 0.29) is 11.5 Å². The van der Waals surface area contributed by atoms with Gasteiger partial charge in [-0.25, -0.2) is 4.63 Å². The van der Waals surface area contributed by atoms with Crippen molar-refractivity contribution in [3.63, 3.8) is 0 Å². The fourth-order valence-corrected chi connectivity index (χ4v) is 3.00. The van der Waals surface area contributed by atoms with E-state index < -0.39 is 6.04 Å². The first-order valence-corrected chi connectivity index (χ1v) is 7.13. The van der Waals surface area contributed by atoms with Crippen molar-refractivity contribution in [1.82, 2.24) is 10.3 Å². The lowest BCUT2D eigenvalue weighted by molar-refractivity contribution is -0.116. The molecule has 1 aliphatic heterocycles. The lowest BCUT2D eigenvalue weighted by Gasteiger charge is -2.25. The van der Waals surface area contributed by atoms with Gasteiger partial charge in [-0.3, -0.25) is 4.79 Å². The highest BCUT2D eigenvalue weighted by molar-refractivity contribution is 6.00. The average molecular weight is 298 g/mol. The Hall–Kier alpha value is -2.83. The molecule has 1 aromatic heterocycles. The van der Waals surface area contributed by atoms with E-state index >= 15 is 0 Å². The van der Waals surface area contributed by atoms with Gasteiger partial charge in [0.2, 0.25) is 11.6 Å². The van der Waals surface area contributed by atoms with Gasteiger partial charge in [0.25, 0.3) is 0 Å². The highest BCUT2D eigenvalue weighted by Crippen LogP contribution is 2.39. The second-order valence-electron chi connectivity index (χ2n) is 5.43. The Kier molecular flexibility index (Phi) is 2.85. The van der Waals surface area contributed by atoms with Crippen LogP contribution in [0.1, 0.15) is 30.9 Å². The molecule has 22 heavy (non-hydrogen) atoms. The van der Waals surface area contributed by atoms with Gasteiger partial charge in [0.1, 0.15) is 5.75 Å². The van der Waals surface area contributed by atoms with E-state index in [9.17, 15) is 9.90 Å². The highest BCUT2D eigenvalue weighted by atomic mass is 16.6. The molecule has 1 aromatic carbocycles. The second kappa shape index (κ2) is 4.87. The Balaban J connectivity index is 1.88. The Morgan fingerprint density at radius 1 is 1.23 bits per heavy atom. The predicted octanol–water partition coefficient (Wildman–Crippen LogP) is 2.36. The zero-order valence-corrected chi connectivity index (χ0v) is 11.7. The number of hydrogen-bond acceptors (Lipinski definition) is 7. The number of phenolic OH excluding ortho intramolecular Hbond substituents is 1. The van der Waals surface area contributed by atoms with Crippen LogP contribution in [0.3, 0.4) is 0 Å². The van der Waals surface area contributed by atoms with Crippen LogP contribution >= 0.6 is 0 Å². The number of phenols is 1. The van der Waals surface area contributed by atoms with Crippen LogP contribution in [0.25, 0.3) is 0 Å². The Morgan fingerprint density at radius 3 is 2.95 bits per heavy atom. The molecule has 1 aliphatic carbocycles. The van der Waals surface area contributed by atoms with E-state index in [1.165, 1.54) is 0 Å². The van der Waals surface area contributed by atoms with E-state index in [1.807, 2.05) is 6.07 Å². The second-order valence-corrected chi connectivity index (χ2v) is 5.43. The summed E-state index contributed by atoms with van der Waals surface area (Å²) in [6, 6.07) is 6.46. The molecule has 1 atom stereocenters. The number of rotatable bonds is 1. The normalized spacial score (nSPS) is 20.5. The maximum atomic E-state index is 12.5. The van der Waals surface area contributed by atoms with E-state index in [0.717, 1.165) is 24.1 Å². The van der Waals surface area contributed by atoms with Crippen molar-refractivity contribution in [2.75, 3.05) is 10.6 Å². The average Bonchev–Trinajstić information content (AvgIpc) is 2.86. The van der Waals surface area contributed by atoms with Crippen LogP contribution < -0.4 is 10.6 Å². The van der Waals surface area contributed by atoms with E-state index in [4.69, 9.17) is 4.63 Å². The van der Waals surface area contributed by atoms with Crippen molar-refractivity contribution >= 4 is 17.4 Å². The summed E-state index contributed by atoms with van der Waals surface area (Å²) in [6.45, 7) is 0. The predicted molar refractivity (Wildman–Crippen MR) is 78.3 cm³/mol. The first-order chi connectivity index (χ1) is 10.7. The number of allylic oxidation sites excluding steroid dienone is 1. The van der Waals surface area contributed by atoms with Crippen LogP contribution in [0.5, 0.6) is 5.75 Å². The van der Waals surface area contributed by atoms with Crippen molar-refractivity contribution in [3.8, 4) is 5.75 Å². The molecule has 7 nitrogen and oxygen atoms in total. The number of nitrogens with zero attached hydrogens (tertiary/aromatic N) is 2. The number of hydrogen-bond donors (Lipinski definition) is 3. The summed E-state index contributed by atoms with van der Waals surface area (Å²) in [4.78, 5) is 12.5. The number of Topliss-reactive ketones (excluding diaryl/α,β-unsaturated/α-hetero) is 1. The summed E-state index contributed by atoms with van der Waals surface area (Å²) in [7, 11) is 0. The molecule has 2 aromatic rings. The van der Waals surface area contributed by atoms with Crippen LogP contribution in [-0.2, 0) is 4.79 Å². The van der Waals surface area contributed by atoms with Crippen LogP contribution in [0.2, 0.25) is 0 Å². The monoisotopic (exact) mass is 298 g/mol. The molecule has 112 valence electrons. The molecular formula is C15H14N4O3. The first kappa shape index (κ1) is 12.9. The van der Waals surface area contributed by atoms with Gasteiger partial charge in [0.05, 0.1) is 6.04 Å². The van der Waals surface area contributed by atoms with Crippen molar-refractivity contribution in [2.24, 2.45) is 0 Å². The lowest BCUT2D eigenvalue weighted by Crippen LogP contribution is -2.23. The van der Waals surface area contributed by atoms with E-state index in [0.29, 0.717) is 23.6 Å². The van der Waals surface area contributed by atoms with Crippen LogP contribution in [-0.4, -0.2) is 21.2 Å². The summed E-state index contributed by atoms with van der Waals surface area (Å²) in [5, 5.41) is 23.7. The van der Waals surface area contributed by atoms with Gasteiger partial charge in [-0.15, -0.1) is 0 Å². The molecule has 7 heteroatoms. The zero-order chi connectivity index (χ0) is 15.1. The molecule has 0 fully saturated rings. The van der Waals surface area contributed by atoms with Gasteiger partial charge in [0.15, 0.2) is 5.78 Å². The molecule has 0 bridgehead atoms. The number of carbonyl (C=O) groups is 1. The maximum Gasteiger partial charge on any atom is 0.219 e. The summed E-state index contributed by atoms with van der Waals surface area (Å²) in [6.07, 6.45) is 2.09. The molecule has 0 spiro atoms. The van der Waals surface area contributed by atoms with Crippen molar-refractivity contribution < 1.29 is 14.5 Å². The van der Waals surface area contributed by atoms with E-state index in [1.54, 1.807) is 18.2 Å². The minimum absolute atomic E-state index is 0.0942. The molecule has 0 unspecified atom stereocenters. The standard InChI is InChI=1S/C15H14N4O3/c20-9-4-1-3-8(7-9)13-12-10(5-2-6-11(12)21)16-14-15(17-13)19-22-18-14/h1,3-4,7,13,20H,2,5-6H2,(H,16,18)(H,17,19)/t13-/m1/s1. The summed E-state index contributed by atoms with van der Waals surface area (Å²) < 4.78 is 4.76. The minimum atomic E-state index is -0.393. The molecule has 4 rings (SSSR count). The van der Waals surface area contributed by atoms with Gasteiger partial charge >= 0.3 is 0 Å². The minimum Gasteiger partial charge on any atom is -0.508 e. The molecule has 3 N–H and O–H groups in total. The SMILES string of the molecule is O=C1CCCC2=C1[C@@H](c1cccc(O)c1)Nc1nonc1N2. The first-order valence-electron chi connectivity index (χ1n) is 7.13. The molecule has 0 radical (unpaired) electrons. The molecule has 0 amide bonds. The quantitative estimate of drug-likeness (QED) is 0.743. The van der Waals surface area contributed by atoms with Gasteiger partial charge in [0, 0.05) is 17.7 Å². The van der Waals surface area contributed by atoms with Gasteiger partial charge in [-0.1, -0.05) is 12.1 Å². The van der Waals surface area contributed by atoms with Crippen molar-refractivity contribution in [2.45, 2.75) is 25.3 Å². The zero-order valence-electron chi connectivity index (χ0n) is 11.7. The summed E-state index contributed by atoms with van der Waals surface area (Å²) in [5.41, 5.74) is 2.31. The Labute approximate surface area is 126 Å². The third-order valence-electron chi connectivity index (χ3n) is 3.99. The fraction of sp³-hybridized carbons (Fsp3) is 0.267. The topological polar surface area (TPSA) is 100 Å². The Morgan fingerprint density at radius 2 is 2.09 bits per heavy atom. The van der Waals surface area contributed by atoms with Crippen molar-refractivity contribution in [3.05, 3.63) is 41.1 Å². The third-order valence-corrected chi connectivity index (χ3v) is 3.99. The number of fused-ring (bicyclic) bond motifs is 1. The summed E-state index contributed by atoms with van der Waals surface area (Å²) >= 11 is 0. The number of benzene rings is 1. The van der Waals surface area contributed by atoms with E-state index in [2.05, 4.69) is 20.9 Å². The number of nitrogens with one attached hydrogen (secondary N) is 2. The molecule has 2 heterocycles. The Bertz CT molecular complexity index is 781. The summed E-state index contributed by atoms with van der Waals surface area (Å²) in [5.74, 6) is 1.18. The smallest absolute Gasteiger partial charge is 0.219 e. The molecule has 0 saturated carbocycles. The lowest BCUT2D eigenvalue weighted by atomic mass is 9.87. The molecule has 0 saturated heterocycles. The van der Waals surface area contributed by atoms with Crippen molar-refractivity contribution in [1.29, 1.82) is 0 Å². The molecule has 2 aliphatic rings. The largest absolute Gasteiger partial charge is 0.508 e. The number of carbonyl (C=O) groups excluding carboxylic acids is 1. The van der Waals surface area contributed by atoms with Crippen LogP contribution in [0.4, 0.5) is 11.6 Å². The number of aromatic hydroxyl groups is 1.